The first-order chi connectivity index (χ1) is 10.2. The van der Waals surface area contributed by atoms with Crippen LogP contribution in [-0.4, -0.2) is 12.5 Å². The Hall–Kier alpha value is -1.88. The summed E-state index contributed by atoms with van der Waals surface area (Å²) in [4.78, 5) is 12.5. The van der Waals surface area contributed by atoms with Crippen molar-refractivity contribution in [1.82, 2.24) is 5.32 Å². The third kappa shape index (κ3) is 4.86. The molecule has 5 heteroatoms. The molecule has 1 N–H and O–H groups in total. The molecule has 1 aromatic carbocycles. The number of nitrogens with one attached hydrogen (secondary N) is 1. The molecule has 1 heterocycles. The number of halogens is 1. The van der Waals surface area contributed by atoms with Crippen molar-refractivity contribution in [3.05, 3.63) is 52.0 Å². The van der Waals surface area contributed by atoms with Crippen molar-refractivity contribution < 1.29 is 13.9 Å². The maximum atomic E-state index is 13.0. The predicted molar refractivity (Wildman–Crippen MR) is 82.3 cm³/mol. The Labute approximate surface area is 127 Å². The minimum atomic E-state index is -0.325. The van der Waals surface area contributed by atoms with Gasteiger partial charge in [0.25, 0.3) is 5.91 Å². The Morgan fingerprint density at radius 3 is 3.00 bits per heavy atom. The van der Waals surface area contributed by atoms with Gasteiger partial charge in [-0.1, -0.05) is 19.4 Å². The summed E-state index contributed by atoms with van der Waals surface area (Å²) in [6.45, 7) is 3.10. The normalized spacial score (nSPS) is 10.4. The van der Waals surface area contributed by atoms with Gasteiger partial charge in [0.2, 0.25) is 0 Å². The van der Waals surface area contributed by atoms with E-state index in [4.69, 9.17) is 4.74 Å². The lowest BCUT2D eigenvalue weighted by atomic mass is 10.3. The summed E-state index contributed by atoms with van der Waals surface area (Å²) >= 11 is 1.39. The van der Waals surface area contributed by atoms with E-state index in [1.807, 2.05) is 11.4 Å². The molecule has 0 spiro atoms. The molecular formula is C16H18FNO2S. The van der Waals surface area contributed by atoms with Crippen LogP contribution in [0.3, 0.4) is 0 Å². The Balaban J connectivity index is 1.86. The van der Waals surface area contributed by atoms with Gasteiger partial charge < -0.3 is 10.1 Å². The van der Waals surface area contributed by atoms with Gasteiger partial charge in [-0.2, -0.15) is 0 Å². The third-order valence-electron chi connectivity index (χ3n) is 2.90. The van der Waals surface area contributed by atoms with Crippen LogP contribution < -0.4 is 10.1 Å². The van der Waals surface area contributed by atoms with Crippen molar-refractivity contribution in [2.45, 2.75) is 26.4 Å². The van der Waals surface area contributed by atoms with E-state index in [0.717, 1.165) is 18.4 Å². The lowest BCUT2D eigenvalue weighted by Crippen LogP contribution is -2.23. The first kappa shape index (κ1) is 15.5. The van der Waals surface area contributed by atoms with Gasteiger partial charge in [0, 0.05) is 18.2 Å². The number of ether oxygens (including phenoxy) is 1. The van der Waals surface area contributed by atoms with Crippen LogP contribution in [0.2, 0.25) is 0 Å². The fourth-order valence-corrected chi connectivity index (χ4v) is 2.57. The molecule has 2 rings (SSSR count). The molecule has 112 valence electrons. The van der Waals surface area contributed by atoms with Gasteiger partial charge in [0.05, 0.1) is 4.88 Å². The molecule has 1 aromatic heterocycles. The summed E-state index contributed by atoms with van der Waals surface area (Å²) in [7, 11) is 0. The van der Waals surface area contributed by atoms with Crippen LogP contribution in [0.1, 0.15) is 35.0 Å². The molecule has 0 saturated heterocycles. The van der Waals surface area contributed by atoms with E-state index in [1.165, 1.54) is 23.5 Å². The molecule has 21 heavy (non-hydrogen) atoms. The summed E-state index contributed by atoms with van der Waals surface area (Å²) in [5.41, 5.74) is 0.907. The van der Waals surface area contributed by atoms with Gasteiger partial charge in [-0.3, -0.25) is 4.79 Å². The minimum Gasteiger partial charge on any atom is -0.489 e. The van der Waals surface area contributed by atoms with E-state index in [2.05, 4.69) is 12.2 Å². The molecule has 1 amide bonds. The molecule has 0 atom stereocenters. The first-order valence-corrected chi connectivity index (χ1v) is 7.81. The van der Waals surface area contributed by atoms with Crippen molar-refractivity contribution in [1.29, 1.82) is 0 Å². The third-order valence-corrected chi connectivity index (χ3v) is 3.87. The van der Waals surface area contributed by atoms with E-state index in [1.54, 1.807) is 12.1 Å². The molecule has 0 bridgehead atoms. The zero-order valence-corrected chi connectivity index (χ0v) is 12.7. The van der Waals surface area contributed by atoms with Gasteiger partial charge in [-0.05, 0) is 30.0 Å². The summed E-state index contributed by atoms with van der Waals surface area (Å²) in [6, 6.07) is 7.82. The van der Waals surface area contributed by atoms with Crippen molar-refractivity contribution in [2.75, 3.05) is 6.54 Å². The topological polar surface area (TPSA) is 38.3 Å². The van der Waals surface area contributed by atoms with Crippen molar-refractivity contribution in [3.8, 4) is 5.75 Å². The van der Waals surface area contributed by atoms with Crippen molar-refractivity contribution in [2.24, 2.45) is 0 Å². The van der Waals surface area contributed by atoms with Gasteiger partial charge in [-0.15, -0.1) is 11.3 Å². The minimum absolute atomic E-state index is 0.0505. The van der Waals surface area contributed by atoms with Crippen molar-refractivity contribution >= 4 is 17.2 Å². The number of amides is 1. The molecule has 3 nitrogen and oxygen atoms in total. The molecule has 0 aliphatic heterocycles. The average Bonchev–Trinajstić information content (AvgIpc) is 2.94. The number of carbonyl (C=O) groups excluding carboxylic acids is 1. The number of unbranched alkanes of at least 4 members (excludes halogenated alkanes) is 1. The largest absolute Gasteiger partial charge is 0.489 e. The van der Waals surface area contributed by atoms with Gasteiger partial charge in [0.1, 0.15) is 18.2 Å². The summed E-state index contributed by atoms with van der Waals surface area (Å²) in [6.07, 6.45) is 2.03. The zero-order chi connectivity index (χ0) is 15.1. The Morgan fingerprint density at radius 2 is 2.24 bits per heavy atom. The van der Waals surface area contributed by atoms with Crippen LogP contribution in [0.25, 0.3) is 0 Å². The van der Waals surface area contributed by atoms with Crippen LogP contribution in [0, 0.1) is 5.82 Å². The molecule has 0 radical (unpaired) electrons. The Morgan fingerprint density at radius 1 is 1.38 bits per heavy atom. The van der Waals surface area contributed by atoms with Crippen LogP contribution in [0.4, 0.5) is 4.39 Å². The summed E-state index contributed by atoms with van der Waals surface area (Å²) < 4.78 is 18.5. The lowest BCUT2D eigenvalue weighted by molar-refractivity contribution is 0.0957. The van der Waals surface area contributed by atoms with Crippen LogP contribution in [-0.2, 0) is 6.61 Å². The van der Waals surface area contributed by atoms with Gasteiger partial charge >= 0.3 is 0 Å². The van der Waals surface area contributed by atoms with Gasteiger partial charge in [-0.25, -0.2) is 4.39 Å². The highest BCUT2D eigenvalue weighted by atomic mass is 32.1. The highest BCUT2D eigenvalue weighted by molar-refractivity contribution is 7.12. The van der Waals surface area contributed by atoms with Crippen LogP contribution in [0.5, 0.6) is 5.75 Å². The number of hydrogen-bond donors (Lipinski definition) is 1. The molecule has 0 aliphatic rings. The number of hydrogen-bond acceptors (Lipinski definition) is 3. The molecule has 2 aromatic rings. The zero-order valence-electron chi connectivity index (χ0n) is 11.9. The molecule has 0 unspecified atom stereocenters. The standard InChI is InChI=1S/C16H18FNO2S/c1-2-3-7-18-16(19)15-8-12(11-21-15)10-20-14-6-4-5-13(17)9-14/h4-6,8-9,11H,2-3,7,10H2,1H3,(H,18,19). The van der Waals surface area contributed by atoms with Gasteiger partial charge in [0.15, 0.2) is 0 Å². The Bertz CT molecular complexity index is 597. The molecule has 0 saturated carbocycles. The van der Waals surface area contributed by atoms with E-state index in [9.17, 15) is 9.18 Å². The van der Waals surface area contributed by atoms with E-state index in [-0.39, 0.29) is 11.7 Å². The number of thiophene rings is 1. The highest BCUT2D eigenvalue weighted by Crippen LogP contribution is 2.18. The Kier molecular flexibility index (Phi) is 5.75. The highest BCUT2D eigenvalue weighted by Gasteiger charge is 2.09. The molecule has 0 fully saturated rings. The second kappa shape index (κ2) is 7.78. The second-order valence-corrected chi connectivity index (χ2v) is 5.59. The summed E-state index contributed by atoms with van der Waals surface area (Å²) in [5.74, 6) is 0.106. The smallest absolute Gasteiger partial charge is 0.261 e. The van der Waals surface area contributed by atoms with E-state index >= 15 is 0 Å². The van der Waals surface area contributed by atoms with Crippen LogP contribution in [0.15, 0.2) is 35.7 Å². The lowest BCUT2D eigenvalue weighted by Gasteiger charge is -2.04. The SMILES string of the molecule is CCCCNC(=O)c1cc(COc2cccc(F)c2)cs1. The van der Waals surface area contributed by atoms with Crippen LogP contribution >= 0.6 is 11.3 Å². The maximum absolute atomic E-state index is 13.0. The quantitative estimate of drug-likeness (QED) is 0.785. The number of carbonyl (C=O) groups is 1. The first-order valence-electron chi connectivity index (χ1n) is 6.93. The number of rotatable bonds is 7. The maximum Gasteiger partial charge on any atom is 0.261 e. The predicted octanol–water partition coefficient (Wildman–Crippen LogP) is 4.00. The summed E-state index contributed by atoms with van der Waals surface area (Å²) in [5, 5.41) is 4.76. The van der Waals surface area contributed by atoms with Crippen molar-refractivity contribution in [3.63, 3.8) is 0 Å². The number of benzene rings is 1. The average molecular weight is 307 g/mol. The monoisotopic (exact) mass is 307 g/mol. The second-order valence-electron chi connectivity index (χ2n) is 4.67. The molecular weight excluding hydrogens is 289 g/mol. The van der Waals surface area contributed by atoms with E-state index < -0.39 is 0 Å². The van der Waals surface area contributed by atoms with E-state index in [0.29, 0.717) is 23.8 Å². The molecule has 0 aliphatic carbocycles. The fourth-order valence-electron chi connectivity index (χ4n) is 1.76. The fraction of sp³-hybridized carbons (Fsp3) is 0.312.